The van der Waals surface area contributed by atoms with Crippen LogP contribution in [0.25, 0.3) is 0 Å². The number of nitrogens with zero attached hydrogens (tertiary/aromatic N) is 1. The molecule has 0 spiro atoms. The van der Waals surface area contributed by atoms with Gasteiger partial charge in [-0.25, -0.2) is 0 Å². The van der Waals surface area contributed by atoms with E-state index in [-0.39, 0.29) is 17.9 Å². The van der Waals surface area contributed by atoms with Crippen molar-refractivity contribution in [3.8, 4) is 5.75 Å². The number of hydrogen-bond donors (Lipinski definition) is 2. The molecule has 1 atom stereocenters. The summed E-state index contributed by atoms with van der Waals surface area (Å²) in [5, 5.41) is 7.56. The second kappa shape index (κ2) is 14.0. The van der Waals surface area contributed by atoms with E-state index in [9.17, 15) is 14.4 Å². The van der Waals surface area contributed by atoms with E-state index in [4.69, 9.17) is 9.47 Å². The van der Waals surface area contributed by atoms with Crippen LogP contribution in [0.2, 0.25) is 0 Å². The van der Waals surface area contributed by atoms with Crippen LogP contribution < -0.4 is 20.3 Å². The number of ether oxygens (including phenoxy) is 2. The molecule has 4 rings (SSSR count). The number of amides is 2. The topological polar surface area (TPSA) is 97.0 Å². The molecule has 0 saturated carbocycles. The van der Waals surface area contributed by atoms with Crippen LogP contribution in [0.3, 0.4) is 0 Å². The van der Waals surface area contributed by atoms with Crippen molar-refractivity contribution in [3.63, 3.8) is 0 Å². The number of anilines is 2. The van der Waals surface area contributed by atoms with Gasteiger partial charge in [-0.3, -0.25) is 14.4 Å². The molecule has 2 aromatic carbocycles. The van der Waals surface area contributed by atoms with Gasteiger partial charge in [0.1, 0.15) is 5.75 Å². The van der Waals surface area contributed by atoms with Crippen molar-refractivity contribution in [2.45, 2.75) is 26.3 Å². The monoisotopic (exact) mass is 509 g/mol. The summed E-state index contributed by atoms with van der Waals surface area (Å²) >= 11 is 1.43. The second-order valence-electron chi connectivity index (χ2n) is 8.17. The number of esters is 1. The minimum absolute atomic E-state index is 0.0270. The van der Waals surface area contributed by atoms with Crippen molar-refractivity contribution in [2.24, 2.45) is 0 Å². The van der Waals surface area contributed by atoms with E-state index in [1.54, 1.807) is 18.2 Å². The highest BCUT2D eigenvalue weighted by atomic mass is 32.1. The van der Waals surface area contributed by atoms with Crippen molar-refractivity contribution in [2.75, 3.05) is 36.5 Å². The Morgan fingerprint density at radius 2 is 1.81 bits per heavy atom. The number of para-hydroxylation sites is 2. The van der Waals surface area contributed by atoms with Crippen LogP contribution in [-0.2, 0) is 20.7 Å². The molecular weight excluding hydrogens is 478 g/mol. The third kappa shape index (κ3) is 8.51. The van der Waals surface area contributed by atoms with Crippen LogP contribution in [0, 0.1) is 0 Å². The fraction of sp³-hybridized carbons (Fsp3) is 0.296. The van der Waals surface area contributed by atoms with Crippen LogP contribution in [0.4, 0.5) is 11.4 Å². The number of nitrogens with one attached hydrogen (secondary N) is 2. The maximum absolute atomic E-state index is 11.9. The van der Waals surface area contributed by atoms with Gasteiger partial charge in [0.15, 0.2) is 0 Å². The number of rotatable bonds is 8. The summed E-state index contributed by atoms with van der Waals surface area (Å²) in [6, 6.07) is 18.8. The molecule has 1 aromatic heterocycles. The first-order chi connectivity index (χ1) is 17.5. The van der Waals surface area contributed by atoms with E-state index in [0.29, 0.717) is 17.0 Å². The second-order valence-corrected chi connectivity index (χ2v) is 9.12. The maximum atomic E-state index is 11.9. The van der Waals surface area contributed by atoms with E-state index in [0.717, 1.165) is 49.7 Å². The van der Waals surface area contributed by atoms with Crippen molar-refractivity contribution in [3.05, 3.63) is 76.5 Å². The summed E-state index contributed by atoms with van der Waals surface area (Å²) in [5.41, 5.74) is 2.99. The van der Waals surface area contributed by atoms with Crippen LogP contribution in [0.5, 0.6) is 5.75 Å². The maximum Gasteiger partial charge on any atom is 0.308 e. The number of hydrogen-bond acceptors (Lipinski definition) is 7. The highest BCUT2D eigenvalue weighted by Crippen LogP contribution is 2.25. The Morgan fingerprint density at radius 3 is 2.44 bits per heavy atom. The zero-order chi connectivity index (χ0) is 25.8. The van der Waals surface area contributed by atoms with Crippen LogP contribution in [-0.4, -0.2) is 50.6 Å². The quantitative estimate of drug-likeness (QED) is 0.269. The zero-order valence-electron chi connectivity index (χ0n) is 20.4. The highest BCUT2D eigenvalue weighted by molar-refractivity contribution is 7.12. The van der Waals surface area contributed by atoms with Crippen LogP contribution in [0.15, 0.2) is 66.0 Å². The van der Waals surface area contributed by atoms with Gasteiger partial charge >= 0.3 is 5.97 Å². The number of benzene rings is 2. The minimum atomic E-state index is -0.334. The molecule has 2 N–H and O–H groups in total. The summed E-state index contributed by atoms with van der Waals surface area (Å²) in [7, 11) is 0. The van der Waals surface area contributed by atoms with Crippen LogP contribution in [0.1, 0.15) is 29.1 Å². The molecule has 190 valence electrons. The molecule has 1 unspecified atom stereocenters. The van der Waals surface area contributed by atoms with Gasteiger partial charge in [0.2, 0.25) is 6.41 Å². The van der Waals surface area contributed by atoms with Gasteiger partial charge in [0.25, 0.3) is 5.91 Å². The molecular formula is C27H31N3O5S. The van der Waals surface area contributed by atoms with Gasteiger partial charge in [-0.05, 0) is 54.6 Å². The lowest BCUT2D eigenvalue weighted by molar-refractivity contribution is -0.131. The van der Waals surface area contributed by atoms with E-state index in [1.165, 1.54) is 18.3 Å². The molecule has 0 bridgehead atoms. The molecule has 1 aliphatic heterocycles. The Kier molecular flexibility index (Phi) is 10.5. The Morgan fingerprint density at radius 1 is 1.08 bits per heavy atom. The van der Waals surface area contributed by atoms with E-state index in [1.807, 2.05) is 54.8 Å². The average Bonchev–Trinajstić information content (AvgIpc) is 3.42. The third-order valence-corrected chi connectivity index (χ3v) is 6.19. The first kappa shape index (κ1) is 26.9. The average molecular weight is 510 g/mol. The summed E-state index contributed by atoms with van der Waals surface area (Å²) in [6.07, 6.45) is 1.43. The first-order valence-corrected chi connectivity index (χ1v) is 12.6. The highest BCUT2D eigenvalue weighted by Gasteiger charge is 2.14. The molecule has 2 heterocycles. The molecule has 0 radical (unpaired) electrons. The molecule has 0 aliphatic carbocycles. The molecule has 2 amide bonds. The fourth-order valence-electron chi connectivity index (χ4n) is 3.71. The number of carbonyl (C=O) groups excluding carboxylic acids is 3. The van der Waals surface area contributed by atoms with E-state index in [2.05, 4.69) is 15.5 Å². The fourth-order valence-corrected chi connectivity index (χ4v) is 4.33. The summed E-state index contributed by atoms with van der Waals surface area (Å²) in [4.78, 5) is 36.2. The molecule has 3 aromatic rings. The van der Waals surface area contributed by atoms with Gasteiger partial charge in [-0.1, -0.05) is 30.3 Å². The zero-order valence-corrected chi connectivity index (χ0v) is 21.3. The molecule has 36 heavy (non-hydrogen) atoms. The van der Waals surface area contributed by atoms with E-state index >= 15 is 0 Å². The largest absolute Gasteiger partial charge is 0.427 e. The Balaban J connectivity index is 0.000000212. The van der Waals surface area contributed by atoms with Gasteiger partial charge in [0, 0.05) is 26.1 Å². The smallest absolute Gasteiger partial charge is 0.308 e. The third-order valence-electron chi connectivity index (χ3n) is 5.32. The first-order valence-electron chi connectivity index (χ1n) is 11.7. The minimum Gasteiger partial charge on any atom is -0.427 e. The standard InChI is InChI=1S/C16H17NO3S.C11H14N2O2/c1-11(17-16(19)15-4-3-9-21-15)10-13-5-7-14(8-6-13)20-12(2)18;14-9-12-10-3-1-2-4-11(10)13-5-7-15-8-6-13/h3-9,11H,10H2,1-2H3,(H,17,19);1-4,9H,5-8H2,(H,12,14). The van der Waals surface area contributed by atoms with Crippen molar-refractivity contribution in [1.29, 1.82) is 0 Å². The molecule has 9 heteroatoms. The van der Waals surface area contributed by atoms with Gasteiger partial charge in [-0.15, -0.1) is 11.3 Å². The van der Waals surface area contributed by atoms with Crippen molar-refractivity contribution in [1.82, 2.24) is 5.32 Å². The molecule has 1 fully saturated rings. The number of carbonyl (C=O) groups is 3. The molecule has 1 aliphatic rings. The normalized spacial score (nSPS) is 13.6. The summed E-state index contributed by atoms with van der Waals surface area (Å²) < 4.78 is 10.3. The van der Waals surface area contributed by atoms with Crippen molar-refractivity contribution < 1.29 is 23.9 Å². The van der Waals surface area contributed by atoms with E-state index < -0.39 is 0 Å². The predicted octanol–water partition coefficient (Wildman–Crippen LogP) is 4.13. The predicted molar refractivity (Wildman–Crippen MR) is 142 cm³/mol. The summed E-state index contributed by atoms with van der Waals surface area (Å²) in [6.45, 7) is 6.57. The lowest BCUT2D eigenvalue weighted by atomic mass is 10.1. The molecule has 1 saturated heterocycles. The number of thiophene rings is 1. The van der Waals surface area contributed by atoms with Gasteiger partial charge < -0.3 is 25.0 Å². The lowest BCUT2D eigenvalue weighted by Crippen LogP contribution is -2.36. The lowest BCUT2D eigenvalue weighted by Gasteiger charge is -2.30. The Bertz CT molecular complexity index is 1110. The number of morpholine rings is 1. The van der Waals surface area contributed by atoms with Crippen LogP contribution >= 0.6 is 11.3 Å². The Hall–Kier alpha value is -3.69. The van der Waals surface area contributed by atoms with Gasteiger partial charge in [0.05, 0.1) is 29.5 Å². The summed E-state index contributed by atoms with van der Waals surface area (Å²) in [5.74, 6) is 0.148. The SMILES string of the molecule is CC(=O)Oc1ccc(CC(C)NC(=O)c2cccs2)cc1.O=CNc1ccccc1N1CCOCC1. The Labute approximate surface area is 215 Å². The van der Waals surface area contributed by atoms with Crippen molar-refractivity contribution >= 4 is 41.0 Å². The van der Waals surface area contributed by atoms with Gasteiger partial charge in [-0.2, -0.15) is 0 Å². The molecule has 8 nitrogen and oxygen atoms in total.